The van der Waals surface area contributed by atoms with Crippen LogP contribution in [0.2, 0.25) is 10.0 Å². The quantitative estimate of drug-likeness (QED) is 0.841. The lowest BCUT2D eigenvalue weighted by Crippen LogP contribution is -1.82. The molecule has 15 heavy (non-hydrogen) atoms. The van der Waals surface area contributed by atoms with E-state index in [1.807, 2.05) is 0 Å². The molecule has 0 fully saturated rings. The Morgan fingerprint density at radius 1 is 1.27 bits per heavy atom. The molecule has 0 aliphatic carbocycles. The topological polar surface area (TPSA) is 38.9 Å². The van der Waals surface area contributed by atoms with Crippen molar-refractivity contribution in [2.24, 2.45) is 0 Å². The Bertz CT molecular complexity index is 487. The molecular formula is C9H6Cl2N2OS. The Balaban J connectivity index is 2.40. The first-order chi connectivity index (χ1) is 7.20. The van der Waals surface area contributed by atoms with Crippen LogP contribution in [0.5, 0.6) is 0 Å². The molecule has 0 bridgehead atoms. The van der Waals surface area contributed by atoms with Gasteiger partial charge in [0.25, 0.3) is 0 Å². The van der Waals surface area contributed by atoms with Crippen LogP contribution in [0.25, 0.3) is 11.4 Å². The van der Waals surface area contributed by atoms with Gasteiger partial charge >= 0.3 is 0 Å². The summed E-state index contributed by atoms with van der Waals surface area (Å²) in [5.41, 5.74) is 0.765. The minimum atomic E-state index is 0.411. The van der Waals surface area contributed by atoms with Gasteiger partial charge in [0, 0.05) is 5.56 Å². The second-order valence-electron chi connectivity index (χ2n) is 2.80. The van der Waals surface area contributed by atoms with Crippen LogP contribution in [-0.4, -0.2) is 10.1 Å². The van der Waals surface area contributed by atoms with Crippen LogP contribution in [0, 0.1) is 0 Å². The first-order valence-corrected chi connectivity index (χ1v) is 5.48. The van der Waals surface area contributed by atoms with Crippen molar-refractivity contribution in [3.05, 3.63) is 34.1 Å². The molecule has 0 saturated heterocycles. The van der Waals surface area contributed by atoms with E-state index < -0.39 is 0 Å². The molecule has 1 aromatic heterocycles. The van der Waals surface area contributed by atoms with Crippen molar-refractivity contribution in [1.82, 2.24) is 10.1 Å². The summed E-state index contributed by atoms with van der Waals surface area (Å²) in [5.74, 6) is 1.37. The average Bonchev–Trinajstić information content (AvgIpc) is 2.70. The van der Waals surface area contributed by atoms with Crippen LogP contribution in [-0.2, 0) is 5.75 Å². The summed E-state index contributed by atoms with van der Waals surface area (Å²) in [7, 11) is 0. The van der Waals surface area contributed by atoms with E-state index in [1.54, 1.807) is 18.2 Å². The van der Waals surface area contributed by atoms with Gasteiger partial charge in [0.15, 0.2) is 0 Å². The lowest BCUT2D eigenvalue weighted by atomic mass is 10.2. The summed E-state index contributed by atoms with van der Waals surface area (Å²) in [5, 5.41) is 4.75. The summed E-state index contributed by atoms with van der Waals surface area (Å²) in [6.07, 6.45) is 0. The number of halogens is 2. The van der Waals surface area contributed by atoms with Gasteiger partial charge in [0.2, 0.25) is 11.7 Å². The van der Waals surface area contributed by atoms with Gasteiger partial charge in [-0.2, -0.15) is 17.6 Å². The molecule has 1 heterocycles. The predicted octanol–water partition coefficient (Wildman–Crippen LogP) is 3.47. The van der Waals surface area contributed by atoms with Gasteiger partial charge in [0.1, 0.15) is 0 Å². The normalized spacial score (nSPS) is 10.6. The number of hydrogen-bond acceptors (Lipinski definition) is 4. The predicted molar refractivity (Wildman–Crippen MR) is 62.4 cm³/mol. The maximum absolute atomic E-state index is 5.87. The summed E-state index contributed by atoms with van der Waals surface area (Å²) in [6.45, 7) is 0. The van der Waals surface area contributed by atoms with E-state index >= 15 is 0 Å². The van der Waals surface area contributed by atoms with Crippen LogP contribution in [0.15, 0.2) is 22.7 Å². The largest absolute Gasteiger partial charge is 0.338 e. The maximum atomic E-state index is 5.87. The Morgan fingerprint density at radius 3 is 2.67 bits per heavy atom. The minimum absolute atomic E-state index is 0.411. The smallest absolute Gasteiger partial charge is 0.236 e. The van der Waals surface area contributed by atoms with E-state index in [1.165, 1.54) is 0 Å². The van der Waals surface area contributed by atoms with Gasteiger partial charge < -0.3 is 4.52 Å². The molecule has 6 heteroatoms. The second-order valence-corrected chi connectivity index (χ2v) is 3.93. The van der Waals surface area contributed by atoms with Gasteiger partial charge in [-0.05, 0) is 18.2 Å². The first-order valence-electron chi connectivity index (χ1n) is 4.09. The van der Waals surface area contributed by atoms with Gasteiger partial charge in [-0.15, -0.1) is 0 Å². The number of rotatable bonds is 2. The van der Waals surface area contributed by atoms with E-state index in [0.29, 0.717) is 27.5 Å². The number of benzene rings is 1. The maximum Gasteiger partial charge on any atom is 0.236 e. The van der Waals surface area contributed by atoms with Crippen LogP contribution < -0.4 is 0 Å². The minimum Gasteiger partial charge on any atom is -0.338 e. The summed E-state index contributed by atoms with van der Waals surface area (Å²) in [4.78, 5) is 4.11. The lowest BCUT2D eigenvalue weighted by Gasteiger charge is -1.97. The molecule has 3 nitrogen and oxygen atoms in total. The molecule has 0 amide bonds. The zero-order valence-electron chi connectivity index (χ0n) is 7.44. The number of hydrogen-bond donors (Lipinski definition) is 1. The molecule has 0 spiro atoms. The van der Waals surface area contributed by atoms with Crippen molar-refractivity contribution in [2.45, 2.75) is 5.75 Å². The average molecular weight is 261 g/mol. The first kappa shape index (κ1) is 10.8. The molecule has 0 aliphatic rings. The molecule has 0 unspecified atom stereocenters. The fourth-order valence-corrected chi connectivity index (χ4v) is 1.50. The second kappa shape index (κ2) is 4.43. The third-order valence-electron chi connectivity index (χ3n) is 1.78. The zero-order valence-corrected chi connectivity index (χ0v) is 9.85. The molecule has 0 saturated carbocycles. The fourth-order valence-electron chi connectivity index (χ4n) is 1.07. The van der Waals surface area contributed by atoms with Crippen molar-refractivity contribution in [1.29, 1.82) is 0 Å². The van der Waals surface area contributed by atoms with Gasteiger partial charge in [0.05, 0.1) is 15.8 Å². The van der Waals surface area contributed by atoms with Crippen LogP contribution in [0.3, 0.4) is 0 Å². The number of aromatic nitrogens is 2. The summed E-state index contributed by atoms with van der Waals surface area (Å²) in [6, 6.07) is 5.16. The van der Waals surface area contributed by atoms with Crippen molar-refractivity contribution in [3.63, 3.8) is 0 Å². The lowest BCUT2D eigenvalue weighted by molar-refractivity contribution is 0.392. The van der Waals surface area contributed by atoms with Crippen molar-refractivity contribution < 1.29 is 4.52 Å². The highest BCUT2D eigenvalue weighted by molar-refractivity contribution is 7.79. The van der Waals surface area contributed by atoms with Gasteiger partial charge in [-0.1, -0.05) is 28.4 Å². The standard InChI is InChI=1S/C9H6Cl2N2OS/c10-6-2-1-5(3-7(6)11)9-12-8(4-15)14-13-9/h1-3,15H,4H2. The highest BCUT2D eigenvalue weighted by Crippen LogP contribution is 2.27. The fraction of sp³-hybridized carbons (Fsp3) is 0.111. The van der Waals surface area contributed by atoms with Gasteiger partial charge in [-0.25, -0.2) is 0 Å². The highest BCUT2D eigenvalue weighted by atomic mass is 35.5. The molecule has 0 radical (unpaired) electrons. The monoisotopic (exact) mass is 260 g/mol. The Kier molecular flexibility index (Phi) is 3.19. The third kappa shape index (κ3) is 2.27. The van der Waals surface area contributed by atoms with Crippen molar-refractivity contribution >= 4 is 35.8 Å². The van der Waals surface area contributed by atoms with Crippen LogP contribution in [0.1, 0.15) is 5.89 Å². The van der Waals surface area contributed by atoms with E-state index in [0.717, 1.165) is 5.56 Å². The molecule has 78 valence electrons. The molecule has 2 aromatic rings. The summed E-state index contributed by atoms with van der Waals surface area (Å²) < 4.78 is 4.92. The molecule has 0 atom stereocenters. The summed E-state index contributed by atoms with van der Waals surface area (Å²) >= 11 is 15.7. The number of thiol groups is 1. The molecular weight excluding hydrogens is 255 g/mol. The Labute approximate surface area is 102 Å². The SMILES string of the molecule is SCc1nc(-c2ccc(Cl)c(Cl)c2)no1. The van der Waals surface area contributed by atoms with Crippen LogP contribution in [0.4, 0.5) is 0 Å². The van der Waals surface area contributed by atoms with Crippen molar-refractivity contribution in [3.8, 4) is 11.4 Å². The molecule has 2 rings (SSSR count). The Morgan fingerprint density at radius 2 is 2.07 bits per heavy atom. The van der Waals surface area contributed by atoms with Crippen LogP contribution >= 0.6 is 35.8 Å². The molecule has 0 N–H and O–H groups in total. The highest BCUT2D eigenvalue weighted by Gasteiger charge is 2.08. The van der Waals surface area contributed by atoms with E-state index in [4.69, 9.17) is 27.7 Å². The van der Waals surface area contributed by atoms with Gasteiger partial charge in [-0.3, -0.25) is 0 Å². The van der Waals surface area contributed by atoms with E-state index in [-0.39, 0.29) is 0 Å². The van der Waals surface area contributed by atoms with E-state index in [9.17, 15) is 0 Å². The molecule has 1 aromatic carbocycles. The number of nitrogens with zero attached hydrogens (tertiary/aromatic N) is 2. The zero-order chi connectivity index (χ0) is 10.8. The molecule has 0 aliphatic heterocycles. The van der Waals surface area contributed by atoms with E-state index in [2.05, 4.69) is 22.8 Å². The van der Waals surface area contributed by atoms with Crippen molar-refractivity contribution in [2.75, 3.05) is 0 Å². The third-order valence-corrected chi connectivity index (χ3v) is 2.79. The Hall–Kier alpha value is -0.710.